The second-order valence-electron chi connectivity index (χ2n) is 10.9. The van der Waals surface area contributed by atoms with E-state index in [1.54, 1.807) is 38.1 Å². The van der Waals surface area contributed by atoms with Gasteiger partial charge in [0.25, 0.3) is 0 Å². The minimum Gasteiger partial charge on any atom is -0.466 e. The lowest BCUT2D eigenvalue weighted by Crippen LogP contribution is -2.42. The number of anilines is 1. The third-order valence-corrected chi connectivity index (χ3v) is 8.24. The maximum atomic E-state index is 12.8. The van der Waals surface area contributed by atoms with Gasteiger partial charge in [0, 0.05) is 23.6 Å². The van der Waals surface area contributed by atoms with Crippen LogP contribution in [0.1, 0.15) is 50.2 Å². The number of benzene rings is 2. The van der Waals surface area contributed by atoms with Crippen molar-refractivity contribution in [3.05, 3.63) is 88.3 Å². The first-order chi connectivity index (χ1) is 20.7. The van der Waals surface area contributed by atoms with Crippen molar-refractivity contribution in [1.82, 2.24) is 15.5 Å². The van der Waals surface area contributed by atoms with Crippen molar-refractivity contribution in [2.75, 3.05) is 45.7 Å². The minimum atomic E-state index is -0.739. The Bertz CT molecular complexity index is 1410. The Morgan fingerprint density at radius 3 is 2.19 bits per heavy atom. The summed E-state index contributed by atoms with van der Waals surface area (Å²) in [5, 5.41) is 18.8. The molecule has 2 aromatic rings. The number of rotatable bonds is 9. The number of likely N-dealkylation sites (tertiary alicyclic amines) is 1. The van der Waals surface area contributed by atoms with Gasteiger partial charge in [-0.15, -0.1) is 0 Å². The highest BCUT2D eigenvalue weighted by atomic mass is 16.5. The monoisotopic (exact) mass is 585 g/mol. The highest BCUT2D eigenvalue weighted by molar-refractivity contribution is 6.00. The van der Waals surface area contributed by atoms with Crippen LogP contribution in [0.25, 0.3) is 0 Å². The fourth-order valence-electron chi connectivity index (χ4n) is 5.94. The molecule has 3 N–H and O–H groups in total. The van der Waals surface area contributed by atoms with Crippen LogP contribution < -0.4 is 16.0 Å². The van der Waals surface area contributed by atoms with E-state index in [-0.39, 0.29) is 6.03 Å². The molecule has 0 bridgehead atoms. The number of ether oxygens (including phenoxy) is 2. The van der Waals surface area contributed by atoms with Gasteiger partial charge in [-0.3, -0.25) is 0 Å². The lowest BCUT2D eigenvalue weighted by atomic mass is 9.74. The summed E-state index contributed by atoms with van der Waals surface area (Å²) in [5.74, 6) is -1.86. The van der Waals surface area contributed by atoms with Crippen LogP contribution in [0.5, 0.6) is 0 Å². The predicted molar refractivity (Wildman–Crippen MR) is 163 cm³/mol. The average Bonchev–Trinajstić information content (AvgIpc) is 3.03. The maximum Gasteiger partial charge on any atom is 0.336 e. The van der Waals surface area contributed by atoms with E-state index in [2.05, 4.69) is 26.9 Å². The summed E-state index contributed by atoms with van der Waals surface area (Å²) in [4.78, 5) is 40.6. The summed E-state index contributed by atoms with van der Waals surface area (Å²) in [6.45, 7) is 6.48. The Kier molecular flexibility index (Phi) is 10.2. The van der Waals surface area contributed by atoms with Crippen molar-refractivity contribution < 1.29 is 23.9 Å². The quantitative estimate of drug-likeness (QED) is 0.293. The van der Waals surface area contributed by atoms with E-state index in [0.29, 0.717) is 40.3 Å². The summed E-state index contributed by atoms with van der Waals surface area (Å²) in [6.07, 6.45) is 2.34. The van der Waals surface area contributed by atoms with E-state index >= 15 is 0 Å². The zero-order valence-electron chi connectivity index (χ0n) is 25.2. The number of nitrogens with one attached hydrogen (secondary N) is 3. The Hall–Kier alpha value is -4.62. The van der Waals surface area contributed by atoms with E-state index < -0.39 is 23.3 Å². The number of dihydropyridines is 1. The number of piperidine rings is 1. The lowest BCUT2D eigenvalue weighted by Gasteiger charge is -2.37. The maximum absolute atomic E-state index is 12.8. The van der Waals surface area contributed by atoms with Crippen LogP contribution in [0.2, 0.25) is 0 Å². The van der Waals surface area contributed by atoms with Gasteiger partial charge in [0.1, 0.15) is 0 Å². The first-order valence-electron chi connectivity index (χ1n) is 14.4. The molecule has 0 spiro atoms. The Labute approximate surface area is 252 Å². The van der Waals surface area contributed by atoms with Crippen molar-refractivity contribution >= 4 is 23.7 Å². The van der Waals surface area contributed by atoms with Gasteiger partial charge >= 0.3 is 18.0 Å². The van der Waals surface area contributed by atoms with Crippen LogP contribution in [0.15, 0.2) is 77.1 Å². The molecule has 10 nitrogen and oxygen atoms in total. The number of hydrogen-bond donors (Lipinski definition) is 3. The number of esters is 2. The van der Waals surface area contributed by atoms with Gasteiger partial charge in [0.15, 0.2) is 0 Å². The zero-order chi connectivity index (χ0) is 31.0. The van der Waals surface area contributed by atoms with E-state index in [1.165, 1.54) is 14.2 Å². The molecule has 10 heteroatoms. The third-order valence-electron chi connectivity index (χ3n) is 8.24. The normalized spacial score (nSPS) is 17.0. The van der Waals surface area contributed by atoms with E-state index in [1.807, 2.05) is 30.3 Å². The van der Waals surface area contributed by atoms with Crippen molar-refractivity contribution in [1.29, 1.82) is 5.26 Å². The summed E-state index contributed by atoms with van der Waals surface area (Å²) in [7, 11) is 2.58. The van der Waals surface area contributed by atoms with Gasteiger partial charge < -0.3 is 30.3 Å². The molecule has 2 aliphatic rings. The first-order valence-corrected chi connectivity index (χ1v) is 14.4. The lowest BCUT2D eigenvalue weighted by molar-refractivity contribution is -0.137. The number of allylic oxidation sites excluding steroid dienone is 2. The standard InChI is InChI=1S/C33H39N5O5/c1-22-27(30(39)42-3)29(28(23(2)36-22)31(40)43-4)24-10-8-13-26(20-24)37-32(41)35-16-9-17-38-18-14-33(21-34,15-19-38)25-11-6-5-7-12-25/h5-8,10-13,20,29,36H,9,14-19H2,1-4H3,(H2,35,37,41). The van der Waals surface area contributed by atoms with E-state index in [4.69, 9.17) is 9.47 Å². The largest absolute Gasteiger partial charge is 0.466 e. The first kappa shape index (κ1) is 31.3. The molecule has 2 aliphatic heterocycles. The molecule has 0 saturated carbocycles. The van der Waals surface area contributed by atoms with Crippen molar-refractivity contribution in [3.63, 3.8) is 0 Å². The molecule has 2 aromatic carbocycles. The smallest absolute Gasteiger partial charge is 0.336 e. The molecule has 2 heterocycles. The van der Waals surface area contributed by atoms with Crippen molar-refractivity contribution in [2.45, 2.75) is 44.4 Å². The highest BCUT2D eigenvalue weighted by Gasteiger charge is 2.38. The molecular formula is C33H39N5O5. The Balaban J connectivity index is 1.34. The fraction of sp³-hybridized carbons (Fsp3) is 0.394. The van der Waals surface area contributed by atoms with Crippen LogP contribution in [-0.2, 0) is 24.5 Å². The topological polar surface area (TPSA) is 133 Å². The highest BCUT2D eigenvalue weighted by Crippen LogP contribution is 2.40. The minimum absolute atomic E-state index is 0.295. The van der Waals surface area contributed by atoms with Gasteiger partial charge in [-0.05, 0) is 76.0 Å². The summed E-state index contributed by atoms with van der Waals surface area (Å²) < 4.78 is 10.1. The number of methoxy groups -OCH3 is 2. The number of nitrogens with zero attached hydrogens (tertiary/aromatic N) is 2. The Morgan fingerprint density at radius 2 is 1.60 bits per heavy atom. The number of urea groups is 1. The SMILES string of the molecule is COC(=O)C1=C(C)NC(C)=C(C(=O)OC)C1c1cccc(NC(=O)NCCCN2CCC(C#N)(c3ccccc3)CC2)c1. The van der Waals surface area contributed by atoms with Crippen LogP contribution in [0.4, 0.5) is 10.5 Å². The molecular weight excluding hydrogens is 546 g/mol. The fourth-order valence-corrected chi connectivity index (χ4v) is 5.94. The zero-order valence-corrected chi connectivity index (χ0v) is 25.2. The summed E-state index contributed by atoms with van der Waals surface area (Å²) in [5.41, 5.74) is 3.54. The van der Waals surface area contributed by atoms with Crippen molar-refractivity contribution in [3.8, 4) is 6.07 Å². The van der Waals surface area contributed by atoms with Crippen LogP contribution in [0.3, 0.4) is 0 Å². The number of nitriles is 1. The van der Waals surface area contributed by atoms with Crippen molar-refractivity contribution in [2.24, 2.45) is 0 Å². The number of carbonyl (C=O) groups is 3. The van der Waals surface area contributed by atoms with Crippen LogP contribution >= 0.6 is 0 Å². The average molecular weight is 586 g/mol. The molecule has 0 aliphatic carbocycles. The van der Waals surface area contributed by atoms with Crippen LogP contribution in [-0.4, -0.2) is 63.3 Å². The van der Waals surface area contributed by atoms with Gasteiger partial charge in [-0.2, -0.15) is 5.26 Å². The molecule has 2 amide bonds. The molecule has 1 fully saturated rings. The molecule has 1 saturated heterocycles. The van der Waals surface area contributed by atoms with Gasteiger partial charge in [0.2, 0.25) is 0 Å². The Morgan fingerprint density at radius 1 is 0.977 bits per heavy atom. The van der Waals surface area contributed by atoms with Gasteiger partial charge in [-0.1, -0.05) is 42.5 Å². The summed E-state index contributed by atoms with van der Waals surface area (Å²) in [6, 6.07) is 19.3. The number of carbonyl (C=O) groups excluding carboxylic acids is 3. The van der Waals surface area contributed by atoms with Gasteiger partial charge in [-0.25, -0.2) is 14.4 Å². The van der Waals surface area contributed by atoms with E-state index in [0.717, 1.165) is 44.5 Å². The number of amides is 2. The van der Waals surface area contributed by atoms with Gasteiger partial charge in [0.05, 0.1) is 42.8 Å². The molecule has 0 aromatic heterocycles. The predicted octanol–water partition coefficient (Wildman–Crippen LogP) is 4.34. The summed E-state index contributed by atoms with van der Waals surface area (Å²) >= 11 is 0. The van der Waals surface area contributed by atoms with Crippen LogP contribution in [0, 0.1) is 11.3 Å². The third kappa shape index (κ3) is 7.07. The second kappa shape index (κ2) is 14.0. The number of hydrogen-bond acceptors (Lipinski definition) is 8. The molecule has 0 unspecified atom stereocenters. The molecule has 4 rings (SSSR count). The molecule has 43 heavy (non-hydrogen) atoms. The second-order valence-corrected chi connectivity index (χ2v) is 10.9. The van der Waals surface area contributed by atoms with E-state index in [9.17, 15) is 19.6 Å². The molecule has 0 radical (unpaired) electrons. The molecule has 0 atom stereocenters. The molecule has 226 valence electrons.